The van der Waals surface area contributed by atoms with Crippen molar-refractivity contribution in [1.29, 1.82) is 0 Å². The predicted octanol–water partition coefficient (Wildman–Crippen LogP) is -0.242. The van der Waals surface area contributed by atoms with Crippen molar-refractivity contribution in [3.05, 3.63) is 17.0 Å². The fourth-order valence-electron chi connectivity index (χ4n) is 3.09. The van der Waals surface area contributed by atoms with E-state index in [0.717, 1.165) is 11.3 Å². The molecule has 0 bridgehead atoms. The molecule has 128 valence electrons. The number of carbonyl (C=O) groups is 1. The molecule has 3 heterocycles. The number of aromatic nitrogens is 2. The molecule has 1 aromatic rings. The second-order valence-corrected chi connectivity index (χ2v) is 8.11. The van der Waals surface area contributed by atoms with Crippen LogP contribution in [0.15, 0.2) is 0 Å². The van der Waals surface area contributed by atoms with E-state index in [1.807, 2.05) is 0 Å². The number of amides is 1. The number of hydrogen-bond acceptors (Lipinski definition) is 6. The summed E-state index contributed by atoms with van der Waals surface area (Å²) in [5.41, 5.74) is 2.04. The zero-order valence-electron chi connectivity index (χ0n) is 13.1. The van der Waals surface area contributed by atoms with Crippen molar-refractivity contribution in [2.75, 3.05) is 38.4 Å². The van der Waals surface area contributed by atoms with E-state index in [4.69, 9.17) is 9.47 Å². The number of aromatic amines is 1. The van der Waals surface area contributed by atoms with Crippen molar-refractivity contribution >= 4 is 15.7 Å². The fraction of sp³-hybridized carbons (Fsp3) is 0.714. The van der Waals surface area contributed by atoms with Crippen molar-refractivity contribution in [3.8, 4) is 0 Å². The molecule has 0 radical (unpaired) electrons. The van der Waals surface area contributed by atoms with Crippen LogP contribution in [0.4, 0.5) is 0 Å². The van der Waals surface area contributed by atoms with Crippen molar-refractivity contribution in [2.24, 2.45) is 0 Å². The van der Waals surface area contributed by atoms with E-state index in [1.165, 1.54) is 0 Å². The average Bonchev–Trinajstić information content (AvgIpc) is 3.11. The predicted molar refractivity (Wildman–Crippen MR) is 81.9 cm³/mol. The lowest BCUT2D eigenvalue weighted by Gasteiger charge is -2.28. The molecule has 23 heavy (non-hydrogen) atoms. The molecule has 0 aliphatic carbocycles. The van der Waals surface area contributed by atoms with Gasteiger partial charge in [-0.05, 0) is 6.42 Å². The minimum absolute atomic E-state index is 0.00552. The third-order valence-electron chi connectivity index (χ3n) is 4.34. The van der Waals surface area contributed by atoms with Crippen LogP contribution in [0.25, 0.3) is 0 Å². The second-order valence-electron chi connectivity index (χ2n) is 5.88. The van der Waals surface area contributed by atoms with Crippen LogP contribution < -0.4 is 0 Å². The van der Waals surface area contributed by atoms with E-state index in [-0.39, 0.29) is 23.5 Å². The van der Waals surface area contributed by atoms with Crippen molar-refractivity contribution in [1.82, 2.24) is 15.1 Å². The first kappa shape index (κ1) is 16.4. The molecule has 9 heteroatoms. The molecule has 0 spiro atoms. The van der Waals surface area contributed by atoms with Gasteiger partial charge in [0.1, 0.15) is 0 Å². The lowest BCUT2D eigenvalue weighted by Crippen LogP contribution is -2.43. The molecule has 3 rings (SSSR count). The van der Waals surface area contributed by atoms with Gasteiger partial charge in [0.2, 0.25) is 0 Å². The highest BCUT2D eigenvalue weighted by molar-refractivity contribution is 7.91. The van der Waals surface area contributed by atoms with Gasteiger partial charge in [-0.3, -0.25) is 9.89 Å². The molecular weight excluding hydrogens is 322 g/mol. The van der Waals surface area contributed by atoms with Crippen molar-refractivity contribution < 1.29 is 22.7 Å². The summed E-state index contributed by atoms with van der Waals surface area (Å²) in [5, 5.41) is 7.05. The van der Waals surface area contributed by atoms with Crippen LogP contribution in [0, 0.1) is 0 Å². The molecule has 2 aliphatic heterocycles. The number of ether oxygens (including phenoxy) is 2. The Labute approximate surface area is 135 Å². The van der Waals surface area contributed by atoms with E-state index < -0.39 is 9.84 Å². The minimum atomic E-state index is -3.07. The number of nitrogens with one attached hydrogen (secondary N) is 1. The molecule has 1 saturated heterocycles. The summed E-state index contributed by atoms with van der Waals surface area (Å²) in [5.74, 6) is -0.131. The van der Waals surface area contributed by atoms with Gasteiger partial charge < -0.3 is 14.4 Å². The normalized spacial score (nSPS) is 22.7. The number of fused-ring (bicyclic) bond motifs is 1. The monoisotopic (exact) mass is 343 g/mol. The van der Waals surface area contributed by atoms with Gasteiger partial charge in [-0.2, -0.15) is 5.10 Å². The maximum absolute atomic E-state index is 12.9. The Morgan fingerprint density at radius 2 is 2.35 bits per heavy atom. The number of rotatable bonds is 5. The number of carbonyl (C=O) groups excluding carboxylic acids is 1. The zero-order valence-corrected chi connectivity index (χ0v) is 13.9. The van der Waals surface area contributed by atoms with Gasteiger partial charge >= 0.3 is 0 Å². The Morgan fingerprint density at radius 1 is 1.52 bits per heavy atom. The number of methoxy groups -OCH3 is 1. The molecule has 1 N–H and O–H groups in total. The summed E-state index contributed by atoms with van der Waals surface area (Å²) in [6.45, 7) is 1.66. The second kappa shape index (κ2) is 6.58. The Morgan fingerprint density at radius 3 is 3.04 bits per heavy atom. The Kier molecular flexibility index (Phi) is 4.69. The lowest BCUT2D eigenvalue weighted by atomic mass is 10.1. The van der Waals surface area contributed by atoms with Crippen molar-refractivity contribution in [2.45, 2.75) is 25.5 Å². The van der Waals surface area contributed by atoms with Crippen LogP contribution in [-0.4, -0.2) is 73.8 Å². The summed E-state index contributed by atoms with van der Waals surface area (Å²) in [4.78, 5) is 14.5. The first-order valence-corrected chi connectivity index (χ1v) is 9.48. The first-order chi connectivity index (χ1) is 11.0. The first-order valence-electron chi connectivity index (χ1n) is 7.66. The lowest BCUT2D eigenvalue weighted by molar-refractivity contribution is 0.0608. The Hall–Kier alpha value is -1.45. The third-order valence-corrected chi connectivity index (χ3v) is 6.09. The molecule has 1 atom stereocenters. The maximum atomic E-state index is 12.9. The third kappa shape index (κ3) is 3.41. The topological polar surface area (TPSA) is 102 Å². The van der Waals surface area contributed by atoms with E-state index in [9.17, 15) is 13.2 Å². The van der Waals surface area contributed by atoms with E-state index in [0.29, 0.717) is 44.9 Å². The van der Waals surface area contributed by atoms with Gasteiger partial charge in [0, 0.05) is 37.4 Å². The van der Waals surface area contributed by atoms with Crippen LogP contribution in [0.3, 0.4) is 0 Å². The van der Waals surface area contributed by atoms with Gasteiger partial charge in [-0.15, -0.1) is 0 Å². The summed E-state index contributed by atoms with van der Waals surface area (Å²) in [6.07, 6.45) is 1.16. The van der Waals surface area contributed by atoms with Gasteiger partial charge in [0.05, 0.1) is 31.3 Å². The molecule has 1 unspecified atom stereocenters. The largest absolute Gasteiger partial charge is 0.383 e. The molecule has 1 fully saturated rings. The summed E-state index contributed by atoms with van der Waals surface area (Å²) in [6, 6.07) is -0.320. The molecule has 0 aromatic carbocycles. The quantitative estimate of drug-likeness (QED) is 0.792. The van der Waals surface area contributed by atoms with Gasteiger partial charge in [-0.1, -0.05) is 0 Å². The van der Waals surface area contributed by atoms with Crippen molar-refractivity contribution in [3.63, 3.8) is 0 Å². The Bertz CT molecular complexity index is 685. The number of H-pyrrole nitrogens is 1. The fourth-order valence-corrected chi connectivity index (χ4v) is 4.82. The summed E-state index contributed by atoms with van der Waals surface area (Å²) in [7, 11) is -1.52. The average molecular weight is 343 g/mol. The highest BCUT2D eigenvalue weighted by Crippen LogP contribution is 2.23. The molecule has 1 aromatic heterocycles. The summed E-state index contributed by atoms with van der Waals surface area (Å²) >= 11 is 0. The molecular formula is C14H21N3O5S. The SMILES string of the molecule is COCCN(C(=O)c1n[nH]c2c1COCC2)C1CCS(=O)(=O)C1. The van der Waals surface area contributed by atoms with Crippen LogP contribution in [0.5, 0.6) is 0 Å². The summed E-state index contributed by atoms with van der Waals surface area (Å²) < 4.78 is 34.0. The maximum Gasteiger partial charge on any atom is 0.275 e. The zero-order chi connectivity index (χ0) is 16.4. The van der Waals surface area contributed by atoms with Gasteiger partial charge in [0.15, 0.2) is 15.5 Å². The number of sulfone groups is 1. The van der Waals surface area contributed by atoms with E-state index >= 15 is 0 Å². The highest BCUT2D eigenvalue weighted by Gasteiger charge is 2.36. The van der Waals surface area contributed by atoms with Crippen LogP contribution in [0.2, 0.25) is 0 Å². The Balaban J connectivity index is 1.84. The molecule has 2 aliphatic rings. The molecule has 8 nitrogen and oxygen atoms in total. The number of nitrogens with zero attached hydrogens (tertiary/aromatic N) is 2. The van der Waals surface area contributed by atoms with Crippen LogP contribution >= 0.6 is 0 Å². The molecule has 0 saturated carbocycles. The number of hydrogen-bond donors (Lipinski definition) is 1. The smallest absolute Gasteiger partial charge is 0.275 e. The molecule has 1 amide bonds. The van der Waals surface area contributed by atoms with Crippen LogP contribution in [0.1, 0.15) is 28.2 Å². The van der Waals surface area contributed by atoms with Crippen LogP contribution in [-0.2, 0) is 32.3 Å². The van der Waals surface area contributed by atoms with Gasteiger partial charge in [0.25, 0.3) is 5.91 Å². The minimum Gasteiger partial charge on any atom is -0.383 e. The highest BCUT2D eigenvalue weighted by atomic mass is 32.2. The van der Waals surface area contributed by atoms with Gasteiger partial charge in [-0.25, -0.2) is 8.42 Å². The standard InChI is InChI=1S/C14H21N3O5S/c1-21-6-4-17(10-3-7-23(19,20)9-10)14(18)13-11-8-22-5-2-12(11)15-16-13/h10H,2-9H2,1H3,(H,15,16). The van der Waals surface area contributed by atoms with E-state index in [2.05, 4.69) is 10.2 Å². The van der Waals surface area contributed by atoms with E-state index in [1.54, 1.807) is 12.0 Å².